The minimum absolute atomic E-state index is 0.0334. The first-order chi connectivity index (χ1) is 20.4. The molecule has 6 rings (SSSR count). The van der Waals surface area contributed by atoms with Crippen LogP contribution < -0.4 is 19.7 Å². The van der Waals surface area contributed by atoms with Gasteiger partial charge in [0, 0.05) is 68.1 Å². The second-order valence-corrected chi connectivity index (χ2v) is 11.3. The number of carbonyl (C=O) groups excluding carboxylic acids is 1. The summed E-state index contributed by atoms with van der Waals surface area (Å²) in [7, 11) is 0. The van der Waals surface area contributed by atoms with Gasteiger partial charge >= 0.3 is 0 Å². The van der Waals surface area contributed by atoms with Crippen molar-refractivity contribution in [2.45, 2.75) is 72.6 Å². The van der Waals surface area contributed by atoms with Crippen molar-refractivity contribution in [1.82, 2.24) is 25.4 Å². The molecule has 0 unspecified atom stereocenters. The number of nitrogens with zero attached hydrogens (tertiary/aromatic N) is 5. The van der Waals surface area contributed by atoms with Crippen molar-refractivity contribution in [1.29, 1.82) is 0 Å². The SMILES string of the molecule is CC.CCN(C(=O)c1cc(F)ccc1Oc1nnccc1N1CC2(CC(Oc3ccnc4c3CNCC4)C2)C1)C(C)C. The normalized spacial score (nSPS) is 17.0. The van der Waals surface area contributed by atoms with Gasteiger partial charge in [-0.25, -0.2) is 4.39 Å². The third-order valence-corrected chi connectivity index (χ3v) is 8.22. The summed E-state index contributed by atoms with van der Waals surface area (Å²) in [6.07, 6.45) is 6.58. The number of amides is 1. The third kappa shape index (κ3) is 5.90. The van der Waals surface area contributed by atoms with Crippen LogP contribution in [0.3, 0.4) is 0 Å². The topological polar surface area (TPSA) is 92.7 Å². The van der Waals surface area contributed by atoms with Crippen LogP contribution in [0.15, 0.2) is 42.7 Å². The van der Waals surface area contributed by atoms with E-state index in [1.165, 1.54) is 23.8 Å². The standard InChI is InChI=1S/C30H35FN6O3.C2H6/c1-4-37(19(2)3)29(38)22-13-20(31)5-6-26(22)40-28-25(8-12-34-35-28)36-17-30(18-36)14-21(15-30)39-27-9-11-33-24-7-10-32-16-23(24)27;1-2/h5-6,8-9,11-13,19,21,32H,4,7,10,14-18H2,1-3H3;1-2H3. The fraction of sp³-hybridized carbons (Fsp3) is 0.500. The molecule has 1 aliphatic carbocycles. The lowest BCUT2D eigenvalue weighted by Gasteiger charge is -2.59. The Kier molecular flexibility index (Phi) is 8.91. The molecule has 1 saturated heterocycles. The molecule has 9 nitrogen and oxygen atoms in total. The first kappa shape index (κ1) is 29.7. The van der Waals surface area contributed by atoms with Crippen molar-refractivity contribution >= 4 is 11.6 Å². The molecule has 0 bridgehead atoms. The summed E-state index contributed by atoms with van der Waals surface area (Å²) < 4.78 is 26.7. The van der Waals surface area contributed by atoms with Crippen LogP contribution in [0, 0.1) is 11.2 Å². The van der Waals surface area contributed by atoms with Crippen molar-refractivity contribution in [3.8, 4) is 17.4 Å². The van der Waals surface area contributed by atoms with Gasteiger partial charge in [0.1, 0.15) is 29.1 Å². The molecule has 3 aliphatic rings. The quantitative estimate of drug-likeness (QED) is 0.382. The third-order valence-electron chi connectivity index (χ3n) is 8.22. The number of carbonyl (C=O) groups is 1. The van der Waals surface area contributed by atoms with Gasteiger partial charge in [0.2, 0.25) is 0 Å². The summed E-state index contributed by atoms with van der Waals surface area (Å²) in [5.74, 6) is 0.728. The lowest BCUT2D eigenvalue weighted by atomic mass is 9.61. The Bertz CT molecular complexity index is 1400. The van der Waals surface area contributed by atoms with Crippen LogP contribution >= 0.6 is 0 Å². The van der Waals surface area contributed by atoms with E-state index in [-0.39, 0.29) is 34.8 Å². The fourth-order valence-corrected chi connectivity index (χ4v) is 6.20. The second kappa shape index (κ2) is 12.6. The van der Waals surface area contributed by atoms with Crippen LogP contribution in [-0.2, 0) is 13.0 Å². The molecule has 1 saturated carbocycles. The maximum absolute atomic E-state index is 14.2. The maximum atomic E-state index is 14.2. The molecule has 1 spiro atoms. The maximum Gasteiger partial charge on any atom is 0.262 e. The molecule has 1 N–H and O–H groups in total. The summed E-state index contributed by atoms with van der Waals surface area (Å²) in [5.41, 5.74) is 3.49. The van der Waals surface area contributed by atoms with E-state index >= 15 is 0 Å². The van der Waals surface area contributed by atoms with E-state index in [1.54, 1.807) is 11.1 Å². The van der Waals surface area contributed by atoms with Gasteiger partial charge in [-0.3, -0.25) is 9.78 Å². The average Bonchev–Trinajstić information content (AvgIpc) is 2.96. The van der Waals surface area contributed by atoms with E-state index in [1.807, 2.05) is 52.9 Å². The van der Waals surface area contributed by atoms with Gasteiger partial charge in [0.05, 0.1) is 11.8 Å². The number of pyridine rings is 1. The molecule has 2 aromatic heterocycles. The lowest BCUT2D eigenvalue weighted by molar-refractivity contribution is -0.0347. The highest BCUT2D eigenvalue weighted by Gasteiger charge is 2.54. The van der Waals surface area contributed by atoms with Crippen LogP contribution in [0.5, 0.6) is 17.4 Å². The van der Waals surface area contributed by atoms with Crippen molar-refractivity contribution in [2.24, 2.45) is 5.41 Å². The Morgan fingerprint density at radius 3 is 2.69 bits per heavy atom. The Hall–Kier alpha value is -3.79. The van der Waals surface area contributed by atoms with Gasteiger partial charge in [-0.1, -0.05) is 13.8 Å². The molecule has 1 amide bonds. The number of hydrogen-bond acceptors (Lipinski definition) is 8. The first-order valence-corrected chi connectivity index (χ1v) is 15.0. The average molecular weight is 577 g/mol. The zero-order valence-corrected chi connectivity index (χ0v) is 25.2. The summed E-state index contributed by atoms with van der Waals surface area (Å²) >= 11 is 0. The Balaban J connectivity index is 0.00000173. The van der Waals surface area contributed by atoms with Crippen molar-refractivity contribution in [3.05, 3.63) is 65.4 Å². The van der Waals surface area contributed by atoms with E-state index in [0.717, 1.165) is 62.6 Å². The zero-order valence-electron chi connectivity index (χ0n) is 25.2. The highest BCUT2D eigenvalue weighted by atomic mass is 19.1. The van der Waals surface area contributed by atoms with Crippen molar-refractivity contribution in [2.75, 3.05) is 31.1 Å². The van der Waals surface area contributed by atoms with Gasteiger partial charge in [-0.15, -0.1) is 5.10 Å². The van der Waals surface area contributed by atoms with E-state index < -0.39 is 5.82 Å². The van der Waals surface area contributed by atoms with Gasteiger partial charge in [0.15, 0.2) is 0 Å². The van der Waals surface area contributed by atoms with Crippen LogP contribution in [0.25, 0.3) is 0 Å². The smallest absolute Gasteiger partial charge is 0.262 e. The predicted molar refractivity (Wildman–Crippen MR) is 160 cm³/mol. The monoisotopic (exact) mass is 576 g/mol. The van der Waals surface area contributed by atoms with Gasteiger partial charge < -0.3 is 24.6 Å². The molecule has 4 heterocycles. The molecule has 1 aromatic carbocycles. The fourth-order valence-electron chi connectivity index (χ4n) is 6.20. The Labute approximate surface area is 247 Å². The van der Waals surface area contributed by atoms with Gasteiger partial charge in [-0.05, 0) is 63.9 Å². The number of hydrogen-bond donors (Lipinski definition) is 1. The molecule has 0 atom stereocenters. The van der Waals surface area contributed by atoms with Crippen LogP contribution in [0.2, 0.25) is 0 Å². The zero-order chi connectivity index (χ0) is 29.9. The summed E-state index contributed by atoms with van der Waals surface area (Å²) in [4.78, 5) is 21.7. The molecule has 2 fully saturated rings. The molecule has 2 aliphatic heterocycles. The molecule has 10 heteroatoms. The summed E-state index contributed by atoms with van der Waals surface area (Å²) in [6.45, 7) is 13.7. The highest BCUT2D eigenvalue weighted by molar-refractivity contribution is 5.97. The molecule has 3 aromatic rings. The predicted octanol–water partition coefficient (Wildman–Crippen LogP) is 5.39. The number of aromatic nitrogens is 3. The minimum atomic E-state index is -0.496. The largest absolute Gasteiger partial charge is 0.490 e. The van der Waals surface area contributed by atoms with Gasteiger partial charge in [-0.2, -0.15) is 5.10 Å². The number of halogens is 1. The van der Waals surface area contributed by atoms with Crippen LogP contribution in [0.1, 0.15) is 69.1 Å². The number of ether oxygens (including phenoxy) is 2. The number of anilines is 1. The summed E-state index contributed by atoms with van der Waals surface area (Å²) in [5, 5.41) is 11.7. The summed E-state index contributed by atoms with van der Waals surface area (Å²) in [6, 6.07) is 7.81. The lowest BCUT2D eigenvalue weighted by Crippen LogP contribution is -2.65. The molecule has 42 heavy (non-hydrogen) atoms. The second-order valence-electron chi connectivity index (χ2n) is 11.3. The number of fused-ring (bicyclic) bond motifs is 1. The molecule has 224 valence electrons. The highest BCUT2D eigenvalue weighted by Crippen LogP contribution is 2.52. The van der Waals surface area contributed by atoms with E-state index in [2.05, 4.69) is 25.4 Å². The number of benzene rings is 1. The minimum Gasteiger partial charge on any atom is -0.490 e. The number of rotatable bonds is 8. The Morgan fingerprint density at radius 2 is 1.95 bits per heavy atom. The van der Waals surface area contributed by atoms with E-state index in [4.69, 9.17) is 9.47 Å². The van der Waals surface area contributed by atoms with Crippen molar-refractivity contribution < 1.29 is 18.7 Å². The van der Waals surface area contributed by atoms with Gasteiger partial charge in [0.25, 0.3) is 11.8 Å². The molecular weight excluding hydrogens is 535 g/mol. The van der Waals surface area contributed by atoms with E-state index in [0.29, 0.717) is 12.4 Å². The first-order valence-electron chi connectivity index (χ1n) is 15.0. The van der Waals surface area contributed by atoms with Crippen LogP contribution in [0.4, 0.5) is 10.1 Å². The molecular formula is C32H41FN6O3. The number of nitrogens with one attached hydrogen (secondary N) is 1. The van der Waals surface area contributed by atoms with Crippen LogP contribution in [-0.4, -0.2) is 64.3 Å². The Morgan fingerprint density at radius 1 is 1.17 bits per heavy atom. The van der Waals surface area contributed by atoms with Crippen molar-refractivity contribution in [3.63, 3.8) is 0 Å². The molecule has 0 radical (unpaired) electrons. The van der Waals surface area contributed by atoms with E-state index in [9.17, 15) is 9.18 Å².